The van der Waals surface area contributed by atoms with E-state index < -0.39 is 0 Å². The summed E-state index contributed by atoms with van der Waals surface area (Å²) in [5.74, 6) is 1.80. The molecule has 0 amide bonds. The van der Waals surface area contributed by atoms with Crippen LogP contribution in [0.25, 0.3) is 11.4 Å². The second-order valence-corrected chi connectivity index (χ2v) is 7.18. The van der Waals surface area contributed by atoms with Gasteiger partial charge in [0.05, 0.1) is 11.8 Å². The number of fused-ring (bicyclic) bond motifs is 1. The Bertz CT molecular complexity index is 751. The Morgan fingerprint density at radius 1 is 1.08 bits per heavy atom. The number of rotatable bonds is 4. The van der Waals surface area contributed by atoms with E-state index in [1.54, 1.807) is 0 Å². The van der Waals surface area contributed by atoms with Crippen molar-refractivity contribution in [1.29, 1.82) is 0 Å². The number of benzene rings is 1. The van der Waals surface area contributed by atoms with Crippen LogP contribution in [-0.2, 0) is 12.8 Å². The summed E-state index contributed by atoms with van der Waals surface area (Å²) in [7, 11) is 0. The van der Waals surface area contributed by atoms with Crippen molar-refractivity contribution >= 4 is 5.82 Å². The quantitative estimate of drug-likeness (QED) is 0.856. The smallest absolute Gasteiger partial charge is 0.161 e. The van der Waals surface area contributed by atoms with E-state index >= 15 is 0 Å². The molecule has 2 aromatic rings. The summed E-state index contributed by atoms with van der Waals surface area (Å²) >= 11 is 0. The van der Waals surface area contributed by atoms with Gasteiger partial charge in [-0.05, 0) is 12.8 Å². The van der Waals surface area contributed by atoms with Gasteiger partial charge in [0.1, 0.15) is 5.82 Å². The first-order valence-electron chi connectivity index (χ1n) is 9.55. The molecule has 1 aromatic carbocycles. The zero-order chi connectivity index (χ0) is 17.9. The van der Waals surface area contributed by atoms with Crippen molar-refractivity contribution in [2.45, 2.75) is 25.4 Å². The summed E-state index contributed by atoms with van der Waals surface area (Å²) < 4.78 is 0. The van der Waals surface area contributed by atoms with Gasteiger partial charge in [-0.15, -0.1) is 0 Å². The molecule has 26 heavy (non-hydrogen) atoms. The summed E-state index contributed by atoms with van der Waals surface area (Å²) in [5.41, 5.74) is 9.19. The van der Waals surface area contributed by atoms with Crippen LogP contribution in [0, 0.1) is 0 Å². The Morgan fingerprint density at radius 3 is 2.62 bits per heavy atom. The molecule has 3 heterocycles. The van der Waals surface area contributed by atoms with E-state index in [0.29, 0.717) is 13.1 Å². The molecular weight excluding hydrogens is 326 g/mol. The van der Waals surface area contributed by atoms with Crippen molar-refractivity contribution in [1.82, 2.24) is 14.9 Å². The molecule has 1 atom stereocenters. The third kappa shape index (κ3) is 3.58. The number of nitrogens with zero attached hydrogens (tertiary/aromatic N) is 4. The molecule has 3 N–H and O–H groups in total. The largest absolute Gasteiger partial charge is 0.391 e. The van der Waals surface area contributed by atoms with Crippen molar-refractivity contribution in [3.8, 4) is 11.4 Å². The highest BCUT2D eigenvalue weighted by molar-refractivity contribution is 5.61. The van der Waals surface area contributed by atoms with Gasteiger partial charge in [-0.2, -0.15) is 0 Å². The van der Waals surface area contributed by atoms with Crippen molar-refractivity contribution in [2.24, 2.45) is 5.73 Å². The lowest BCUT2D eigenvalue weighted by molar-refractivity contribution is 0.198. The van der Waals surface area contributed by atoms with Crippen LogP contribution in [0.15, 0.2) is 30.3 Å². The van der Waals surface area contributed by atoms with E-state index in [1.807, 2.05) is 18.2 Å². The van der Waals surface area contributed by atoms with Crippen molar-refractivity contribution in [3.05, 3.63) is 41.6 Å². The Kier molecular flexibility index (Phi) is 5.15. The van der Waals surface area contributed by atoms with Crippen LogP contribution in [0.2, 0.25) is 0 Å². The van der Waals surface area contributed by atoms with E-state index in [2.05, 4.69) is 21.9 Å². The normalized spacial score (nSPS) is 20.8. The van der Waals surface area contributed by atoms with Gasteiger partial charge in [0, 0.05) is 56.8 Å². The fraction of sp³-hybridized carbons (Fsp3) is 0.500. The molecule has 6 nitrogen and oxygen atoms in total. The molecule has 0 aliphatic carbocycles. The SMILES string of the molecule is NCCN1CCc2nc(-c3ccccc3)nc(N3CCC(O)C3)c2CC1. The summed E-state index contributed by atoms with van der Waals surface area (Å²) in [6.45, 7) is 5.09. The number of aliphatic hydroxyl groups is 1. The highest BCUT2D eigenvalue weighted by Crippen LogP contribution is 2.30. The molecule has 138 valence electrons. The molecule has 4 rings (SSSR count). The van der Waals surface area contributed by atoms with E-state index in [9.17, 15) is 5.11 Å². The lowest BCUT2D eigenvalue weighted by Gasteiger charge is -2.22. The molecule has 2 aliphatic rings. The highest BCUT2D eigenvalue weighted by Gasteiger charge is 2.27. The number of aliphatic hydroxyl groups excluding tert-OH is 1. The maximum Gasteiger partial charge on any atom is 0.161 e. The molecule has 0 radical (unpaired) electrons. The molecule has 1 aromatic heterocycles. The Labute approximate surface area is 154 Å². The fourth-order valence-electron chi connectivity index (χ4n) is 3.94. The number of aromatic nitrogens is 2. The third-order valence-corrected chi connectivity index (χ3v) is 5.35. The van der Waals surface area contributed by atoms with Crippen LogP contribution in [0.5, 0.6) is 0 Å². The minimum absolute atomic E-state index is 0.264. The number of hydrogen-bond acceptors (Lipinski definition) is 6. The minimum Gasteiger partial charge on any atom is -0.391 e. The van der Waals surface area contributed by atoms with Gasteiger partial charge < -0.3 is 20.6 Å². The van der Waals surface area contributed by atoms with Gasteiger partial charge in [0.2, 0.25) is 0 Å². The van der Waals surface area contributed by atoms with Gasteiger partial charge >= 0.3 is 0 Å². The number of anilines is 1. The van der Waals surface area contributed by atoms with Crippen LogP contribution in [0.4, 0.5) is 5.82 Å². The molecule has 6 heteroatoms. The summed E-state index contributed by atoms with van der Waals surface area (Å²) in [5, 5.41) is 10.0. The summed E-state index contributed by atoms with van der Waals surface area (Å²) in [6, 6.07) is 10.2. The van der Waals surface area contributed by atoms with Crippen molar-refractivity contribution in [3.63, 3.8) is 0 Å². The average molecular weight is 353 g/mol. The molecule has 0 bridgehead atoms. The van der Waals surface area contributed by atoms with E-state index in [4.69, 9.17) is 15.7 Å². The number of hydrogen-bond donors (Lipinski definition) is 2. The molecule has 1 unspecified atom stereocenters. The predicted octanol–water partition coefficient (Wildman–Crippen LogP) is 1.07. The second kappa shape index (κ2) is 7.70. The van der Waals surface area contributed by atoms with Crippen LogP contribution < -0.4 is 10.6 Å². The molecule has 0 saturated carbocycles. The van der Waals surface area contributed by atoms with Crippen LogP contribution in [0.3, 0.4) is 0 Å². The van der Waals surface area contributed by atoms with Crippen LogP contribution >= 0.6 is 0 Å². The highest BCUT2D eigenvalue weighted by atomic mass is 16.3. The Hall–Kier alpha value is -2.02. The number of nitrogens with two attached hydrogens (primary N) is 1. The Morgan fingerprint density at radius 2 is 1.88 bits per heavy atom. The fourth-order valence-corrected chi connectivity index (χ4v) is 3.94. The second-order valence-electron chi connectivity index (χ2n) is 7.18. The molecule has 0 spiro atoms. The average Bonchev–Trinajstić information content (AvgIpc) is 3.00. The monoisotopic (exact) mass is 353 g/mol. The summed E-state index contributed by atoms with van der Waals surface area (Å²) in [4.78, 5) is 14.5. The first kappa shape index (κ1) is 17.4. The third-order valence-electron chi connectivity index (χ3n) is 5.35. The van der Waals surface area contributed by atoms with Gasteiger partial charge in [0.25, 0.3) is 0 Å². The predicted molar refractivity (Wildman–Crippen MR) is 103 cm³/mol. The van der Waals surface area contributed by atoms with Gasteiger partial charge in [0.15, 0.2) is 5.82 Å². The van der Waals surface area contributed by atoms with Gasteiger partial charge in [-0.25, -0.2) is 9.97 Å². The molecule has 1 fully saturated rings. The first-order chi connectivity index (χ1) is 12.7. The van der Waals surface area contributed by atoms with Crippen molar-refractivity contribution in [2.75, 3.05) is 44.2 Å². The van der Waals surface area contributed by atoms with Gasteiger partial charge in [-0.1, -0.05) is 30.3 Å². The van der Waals surface area contributed by atoms with Crippen molar-refractivity contribution < 1.29 is 5.11 Å². The van der Waals surface area contributed by atoms with E-state index in [0.717, 1.165) is 68.3 Å². The van der Waals surface area contributed by atoms with Crippen LogP contribution in [-0.4, -0.2) is 65.3 Å². The van der Waals surface area contributed by atoms with E-state index in [1.165, 1.54) is 5.56 Å². The standard InChI is InChI=1S/C20H27N5O/c21-9-13-24-10-7-17-18(8-11-24)22-19(15-4-2-1-3-5-15)23-20(17)25-12-6-16(26)14-25/h1-5,16,26H,6-14,21H2. The molecule has 2 aliphatic heterocycles. The molecule has 1 saturated heterocycles. The Balaban J connectivity index is 1.74. The maximum atomic E-state index is 10.0. The summed E-state index contributed by atoms with van der Waals surface area (Å²) in [6.07, 6.45) is 2.40. The lowest BCUT2D eigenvalue weighted by atomic mass is 10.1. The number of β-amino-alcohol motifs (C(OH)–C–C–N with tert-alkyl or cyclic N) is 1. The van der Waals surface area contributed by atoms with Crippen LogP contribution in [0.1, 0.15) is 17.7 Å². The topological polar surface area (TPSA) is 78.5 Å². The maximum absolute atomic E-state index is 10.0. The van der Waals surface area contributed by atoms with E-state index in [-0.39, 0.29) is 6.10 Å². The lowest BCUT2D eigenvalue weighted by Crippen LogP contribution is -2.31. The molecular formula is C20H27N5O. The zero-order valence-electron chi connectivity index (χ0n) is 15.1. The first-order valence-corrected chi connectivity index (χ1v) is 9.55. The zero-order valence-corrected chi connectivity index (χ0v) is 15.1. The van der Waals surface area contributed by atoms with Gasteiger partial charge in [-0.3, -0.25) is 0 Å². The minimum atomic E-state index is -0.264.